The summed E-state index contributed by atoms with van der Waals surface area (Å²) in [7, 11) is 1.71. The number of benzene rings is 1. The highest BCUT2D eigenvalue weighted by molar-refractivity contribution is 6.00. The molecule has 1 atom stereocenters. The van der Waals surface area contributed by atoms with E-state index in [-0.39, 0.29) is 43.1 Å². The maximum absolute atomic E-state index is 13.9. The number of para-hydroxylation sites is 1. The number of hydrogen-bond acceptors (Lipinski definition) is 4. The van der Waals surface area contributed by atoms with E-state index in [9.17, 15) is 18.8 Å². The maximum atomic E-state index is 13.9. The summed E-state index contributed by atoms with van der Waals surface area (Å²) in [5.41, 5.74) is 0.200. The second kappa shape index (κ2) is 6.79. The lowest BCUT2D eigenvalue weighted by atomic mass is 10.0. The molecule has 1 aromatic carbocycles. The second-order valence-electron chi connectivity index (χ2n) is 6.56. The van der Waals surface area contributed by atoms with Gasteiger partial charge in [-0.25, -0.2) is 4.39 Å². The fraction of sp³-hybridized carbons (Fsp3) is 0.471. The van der Waals surface area contributed by atoms with Crippen molar-refractivity contribution >= 4 is 23.5 Å². The van der Waals surface area contributed by atoms with Crippen LogP contribution in [0.25, 0.3) is 0 Å². The molecule has 0 bridgehead atoms. The van der Waals surface area contributed by atoms with Crippen molar-refractivity contribution in [3.8, 4) is 0 Å². The number of halogens is 1. The molecule has 0 saturated carbocycles. The molecule has 7 nitrogen and oxygen atoms in total. The molecular formula is C17H20FN3O4. The number of amides is 2. The monoisotopic (exact) mass is 349 g/mol. The molecule has 1 aromatic rings. The second-order valence-corrected chi connectivity index (χ2v) is 6.56. The van der Waals surface area contributed by atoms with Gasteiger partial charge in [0.25, 0.3) is 0 Å². The maximum Gasteiger partial charge on any atom is 0.317 e. The van der Waals surface area contributed by atoms with Gasteiger partial charge in [0, 0.05) is 32.1 Å². The predicted octanol–water partition coefficient (Wildman–Crippen LogP) is 0.406. The normalized spacial score (nSPS) is 20.9. The first-order valence-corrected chi connectivity index (χ1v) is 8.12. The van der Waals surface area contributed by atoms with Crippen LogP contribution in [0.1, 0.15) is 6.42 Å². The first-order valence-electron chi connectivity index (χ1n) is 8.12. The third kappa shape index (κ3) is 3.48. The molecule has 2 saturated heterocycles. The third-order valence-electron chi connectivity index (χ3n) is 4.80. The molecule has 0 spiro atoms. The minimum absolute atomic E-state index is 0.0137. The van der Waals surface area contributed by atoms with Crippen molar-refractivity contribution in [2.45, 2.75) is 12.5 Å². The Kier molecular flexibility index (Phi) is 4.71. The molecule has 2 heterocycles. The minimum atomic E-state index is -0.908. The Morgan fingerprint density at radius 1 is 1.28 bits per heavy atom. The van der Waals surface area contributed by atoms with Crippen molar-refractivity contribution in [1.82, 2.24) is 9.80 Å². The van der Waals surface area contributed by atoms with E-state index in [0.717, 1.165) is 0 Å². The Morgan fingerprint density at radius 2 is 1.96 bits per heavy atom. The standard InChI is InChI=1S/C17H20FN3O4/c1-19(10-16(23)24)12-8-20(9-12)17(25)11-6-15(22)21(7-11)14-5-3-2-4-13(14)18/h2-5,11-12H,6-10H2,1H3,(H,23,24). The molecule has 0 aromatic heterocycles. The molecule has 0 aliphatic carbocycles. The van der Waals surface area contributed by atoms with Crippen molar-refractivity contribution in [2.24, 2.45) is 5.92 Å². The van der Waals surface area contributed by atoms with E-state index in [1.54, 1.807) is 29.0 Å². The topological polar surface area (TPSA) is 81.2 Å². The van der Waals surface area contributed by atoms with E-state index in [1.807, 2.05) is 0 Å². The number of rotatable bonds is 5. The van der Waals surface area contributed by atoms with Crippen LogP contribution in [0.5, 0.6) is 0 Å². The fourth-order valence-corrected chi connectivity index (χ4v) is 3.29. The summed E-state index contributed by atoms with van der Waals surface area (Å²) in [6.07, 6.45) is 0.0687. The molecule has 2 aliphatic rings. The van der Waals surface area contributed by atoms with Gasteiger partial charge in [-0.05, 0) is 19.2 Å². The Labute approximate surface area is 144 Å². The SMILES string of the molecule is CN(CC(=O)O)C1CN(C(=O)C2CC(=O)N(c3ccccc3F)C2)C1. The van der Waals surface area contributed by atoms with E-state index in [2.05, 4.69) is 0 Å². The summed E-state index contributed by atoms with van der Waals surface area (Å²) in [6.45, 7) is 1.00. The summed E-state index contributed by atoms with van der Waals surface area (Å²) in [5, 5.41) is 8.79. The molecule has 2 fully saturated rings. The number of nitrogens with zero attached hydrogens (tertiary/aromatic N) is 3. The Bertz CT molecular complexity index is 705. The highest BCUT2D eigenvalue weighted by atomic mass is 19.1. The Balaban J connectivity index is 1.58. The molecule has 134 valence electrons. The van der Waals surface area contributed by atoms with Gasteiger partial charge in [-0.1, -0.05) is 12.1 Å². The highest BCUT2D eigenvalue weighted by Gasteiger charge is 2.42. The summed E-state index contributed by atoms with van der Waals surface area (Å²) >= 11 is 0. The van der Waals surface area contributed by atoms with Gasteiger partial charge in [0.2, 0.25) is 11.8 Å². The number of hydrogen-bond donors (Lipinski definition) is 1. The molecule has 2 aliphatic heterocycles. The molecular weight excluding hydrogens is 329 g/mol. The van der Waals surface area contributed by atoms with E-state index in [4.69, 9.17) is 5.11 Å². The summed E-state index contributed by atoms with van der Waals surface area (Å²) in [4.78, 5) is 40.1. The number of carbonyl (C=O) groups is 3. The van der Waals surface area contributed by atoms with E-state index >= 15 is 0 Å². The predicted molar refractivity (Wildman–Crippen MR) is 87.5 cm³/mol. The van der Waals surface area contributed by atoms with Crippen LogP contribution in [0, 0.1) is 11.7 Å². The van der Waals surface area contributed by atoms with Crippen LogP contribution in [0.15, 0.2) is 24.3 Å². The van der Waals surface area contributed by atoms with Crippen molar-refractivity contribution < 1.29 is 23.9 Å². The lowest BCUT2D eigenvalue weighted by molar-refractivity contribution is -0.145. The third-order valence-corrected chi connectivity index (χ3v) is 4.80. The van der Waals surface area contributed by atoms with Crippen molar-refractivity contribution in [1.29, 1.82) is 0 Å². The smallest absolute Gasteiger partial charge is 0.317 e. The van der Waals surface area contributed by atoms with Gasteiger partial charge in [0.05, 0.1) is 18.2 Å². The fourth-order valence-electron chi connectivity index (χ4n) is 3.29. The quantitative estimate of drug-likeness (QED) is 0.833. The van der Waals surface area contributed by atoms with Crippen LogP contribution in [0.3, 0.4) is 0 Å². The number of carboxylic acid groups (broad SMARTS) is 1. The zero-order valence-corrected chi connectivity index (χ0v) is 13.9. The van der Waals surface area contributed by atoms with Gasteiger partial charge in [-0.3, -0.25) is 19.3 Å². The van der Waals surface area contributed by atoms with Crippen LogP contribution < -0.4 is 4.90 Å². The van der Waals surface area contributed by atoms with E-state index in [0.29, 0.717) is 13.1 Å². The van der Waals surface area contributed by atoms with Crippen LogP contribution in [-0.2, 0) is 14.4 Å². The number of likely N-dealkylation sites (tertiary alicyclic amines) is 1. The average molecular weight is 349 g/mol. The lowest BCUT2D eigenvalue weighted by Crippen LogP contribution is -2.62. The number of carbonyl (C=O) groups excluding carboxylic acids is 2. The summed E-state index contributed by atoms with van der Waals surface area (Å²) in [5.74, 6) is -2.27. The van der Waals surface area contributed by atoms with Gasteiger partial charge in [0.15, 0.2) is 0 Å². The van der Waals surface area contributed by atoms with Gasteiger partial charge in [0.1, 0.15) is 5.82 Å². The average Bonchev–Trinajstić information content (AvgIpc) is 2.87. The summed E-state index contributed by atoms with van der Waals surface area (Å²) in [6, 6.07) is 6.03. The molecule has 1 unspecified atom stereocenters. The zero-order chi connectivity index (χ0) is 18.1. The van der Waals surface area contributed by atoms with Gasteiger partial charge < -0.3 is 14.9 Å². The zero-order valence-electron chi connectivity index (χ0n) is 13.9. The van der Waals surface area contributed by atoms with E-state index in [1.165, 1.54) is 17.0 Å². The van der Waals surface area contributed by atoms with Gasteiger partial charge in [-0.15, -0.1) is 0 Å². The number of likely N-dealkylation sites (N-methyl/N-ethyl adjacent to an activating group) is 1. The van der Waals surface area contributed by atoms with Crippen molar-refractivity contribution in [3.63, 3.8) is 0 Å². The van der Waals surface area contributed by atoms with Crippen molar-refractivity contribution in [3.05, 3.63) is 30.1 Å². The summed E-state index contributed by atoms with van der Waals surface area (Å²) < 4.78 is 13.9. The molecule has 25 heavy (non-hydrogen) atoms. The number of anilines is 1. The van der Waals surface area contributed by atoms with Gasteiger partial charge >= 0.3 is 5.97 Å². The molecule has 3 rings (SSSR count). The van der Waals surface area contributed by atoms with Crippen LogP contribution in [0.4, 0.5) is 10.1 Å². The van der Waals surface area contributed by atoms with Crippen LogP contribution in [0.2, 0.25) is 0 Å². The molecule has 8 heteroatoms. The van der Waals surface area contributed by atoms with Gasteiger partial charge in [-0.2, -0.15) is 0 Å². The lowest BCUT2D eigenvalue weighted by Gasteiger charge is -2.44. The highest BCUT2D eigenvalue weighted by Crippen LogP contribution is 2.29. The number of carboxylic acids is 1. The van der Waals surface area contributed by atoms with E-state index < -0.39 is 17.7 Å². The van der Waals surface area contributed by atoms with Crippen LogP contribution >= 0.6 is 0 Å². The first kappa shape index (κ1) is 17.3. The molecule has 0 radical (unpaired) electrons. The van der Waals surface area contributed by atoms with Crippen LogP contribution in [-0.4, -0.2) is 72.0 Å². The first-order chi connectivity index (χ1) is 11.9. The Morgan fingerprint density at radius 3 is 2.60 bits per heavy atom. The molecule has 2 amide bonds. The molecule has 1 N–H and O–H groups in total. The number of aliphatic carboxylic acids is 1. The minimum Gasteiger partial charge on any atom is -0.480 e. The van der Waals surface area contributed by atoms with Crippen molar-refractivity contribution in [2.75, 3.05) is 38.1 Å². The largest absolute Gasteiger partial charge is 0.480 e. The Hall–Kier alpha value is -2.48.